The predicted octanol–water partition coefficient (Wildman–Crippen LogP) is 3.21. The smallest absolute Gasteiger partial charge is 0.237 e. The number of nitrogens with two attached hydrogens (primary N) is 1. The Morgan fingerprint density at radius 1 is 1.13 bits per heavy atom. The topological polar surface area (TPSA) is 98.4 Å². The van der Waals surface area contributed by atoms with Gasteiger partial charge in [-0.15, -0.1) is 0 Å². The number of benzene rings is 2. The number of carbonyl (C=O) groups is 2. The molecule has 7 heteroatoms. The largest absolute Gasteiger partial charge is 0.494 e. The Kier molecular flexibility index (Phi) is 5.29. The Morgan fingerprint density at radius 3 is 2.53 bits per heavy atom. The van der Waals surface area contributed by atoms with Crippen molar-refractivity contribution in [2.45, 2.75) is 20.3 Å². The summed E-state index contributed by atoms with van der Waals surface area (Å²) >= 11 is 0. The minimum atomic E-state index is -0.319. The number of rotatable bonds is 6. The number of hydrogen-bond acceptors (Lipinski definition) is 6. The van der Waals surface area contributed by atoms with Crippen molar-refractivity contribution in [2.24, 2.45) is 5.73 Å². The second-order valence-electron chi connectivity index (χ2n) is 6.98. The van der Waals surface area contributed by atoms with Gasteiger partial charge in [-0.05, 0) is 49.7 Å². The number of Topliss-reactive ketones (excluding diaryl/α,β-unsaturated/α-hetero) is 1. The van der Waals surface area contributed by atoms with Gasteiger partial charge in [0.25, 0.3) is 0 Å². The zero-order valence-electron chi connectivity index (χ0n) is 16.9. The number of hydrogen-bond donors (Lipinski definition) is 1. The third-order valence-corrected chi connectivity index (χ3v) is 5.00. The minimum absolute atomic E-state index is 0.0638. The van der Waals surface area contributed by atoms with Crippen molar-refractivity contribution >= 4 is 23.2 Å². The normalized spacial score (nSPS) is 12.8. The lowest BCUT2D eigenvalue weighted by Crippen LogP contribution is -2.22. The lowest BCUT2D eigenvalue weighted by molar-refractivity contribution is -0.116. The average molecular weight is 402 g/mol. The number of ether oxygens (including phenoxy) is 1. The van der Waals surface area contributed by atoms with Crippen LogP contribution >= 0.6 is 0 Å². The van der Waals surface area contributed by atoms with E-state index in [0.29, 0.717) is 23.8 Å². The second-order valence-corrected chi connectivity index (χ2v) is 6.98. The first-order valence-electron chi connectivity index (χ1n) is 9.79. The lowest BCUT2D eigenvalue weighted by atomic mass is 10.1. The Morgan fingerprint density at radius 2 is 1.87 bits per heavy atom. The van der Waals surface area contributed by atoms with E-state index in [9.17, 15) is 9.59 Å². The summed E-state index contributed by atoms with van der Waals surface area (Å²) in [6, 6.07) is 14.9. The highest BCUT2D eigenvalue weighted by Gasteiger charge is 2.35. The van der Waals surface area contributed by atoms with Crippen LogP contribution in [0.3, 0.4) is 0 Å². The molecule has 0 fully saturated rings. The van der Waals surface area contributed by atoms with Gasteiger partial charge in [0, 0.05) is 11.1 Å². The van der Waals surface area contributed by atoms with Crippen LogP contribution in [0, 0.1) is 6.92 Å². The highest BCUT2D eigenvalue weighted by atomic mass is 16.5. The number of carbonyl (C=O) groups excluding carboxylic acids is 2. The van der Waals surface area contributed by atoms with E-state index in [4.69, 9.17) is 10.5 Å². The molecule has 1 aromatic heterocycles. The van der Waals surface area contributed by atoms with E-state index < -0.39 is 0 Å². The van der Waals surface area contributed by atoms with Gasteiger partial charge in [0.05, 0.1) is 25.3 Å². The molecule has 3 aromatic rings. The molecule has 1 aliphatic heterocycles. The zero-order chi connectivity index (χ0) is 21.3. The van der Waals surface area contributed by atoms with Gasteiger partial charge in [-0.3, -0.25) is 14.5 Å². The molecule has 30 heavy (non-hydrogen) atoms. The van der Waals surface area contributed by atoms with Crippen LogP contribution in [0.5, 0.6) is 5.75 Å². The van der Waals surface area contributed by atoms with E-state index in [-0.39, 0.29) is 30.3 Å². The van der Waals surface area contributed by atoms with E-state index in [1.54, 1.807) is 4.90 Å². The average Bonchev–Trinajstić information content (AvgIpc) is 3.09. The number of fused-ring (bicyclic) bond motifs is 1. The summed E-state index contributed by atoms with van der Waals surface area (Å²) in [6.45, 7) is 4.22. The standard InChI is InChI=1S/C23H22N4O3/c1-3-30-16-10-8-15(9-11-16)22-25-21(19(28)13-24)17-12-20(29)27(23(17)26-22)18-7-5-4-6-14(18)2/h4-11H,3,12-13,24H2,1-2H3. The van der Waals surface area contributed by atoms with Crippen LogP contribution in [0.2, 0.25) is 0 Å². The van der Waals surface area contributed by atoms with Gasteiger partial charge in [-0.1, -0.05) is 18.2 Å². The molecule has 152 valence electrons. The van der Waals surface area contributed by atoms with E-state index in [0.717, 1.165) is 22.6 Å². The fourth-order valence-corrected chi connectivity index (χ4v) is 3.55. The quantitative estimate of drug-likeness (QED) is 0.636. The molecule has 0 saturated heterocycles. The van der Waals surface area contributed by atoms with Crippen molar-refractivity contribution < 1.29 is 14.3 Å². The molecule has 2 heterocycles. The van der Waals surface area contributed by atoms with Crippen molar-refractivity contribution in [3.8, 4) is 17.1 Å². The zero-order valence-corrected chi connectivity index (χ0v) is 16.9. The fourth-order valence-electron chi connectivity index (χ4n) is 3.55. The molecule has 0 bridgehead atoms. The molecule has 0 radical (unpaired) electrons. The molecule has 2 aromatic carbocycles. The third-order valence-electron chi connectivity index (χ3n) is 5.00. The Labute approximate surface area is 174 Å². The van der Waals surface area contributed by atoms with E-state index in [1.807, 2.05) is 62.4 Å². The van der Waals surface area contributed by atoms with Crippen LogP contribution < -0.4 is 15.4 Å². The van der Waals surface area contributed by atoms with Crippen molar-refractivity contribution in [3.05, 3.63) is 65.4 Å². The van der Waals surface area contributed by atoms with Gasteiger partial charge in [0.15, 0.2) is 11.6 Å². The maximum atomic E-state index is 12.9. The number of aryl methyl sites for hydroxylation is 1. The van der Waals surface area contributed by atoms with Gasteiger partial charge in [0.2, 0.25) is 5.91 Å². The van der Waals surface area contributed by atoms with Crippen LogP contribution in [0.4, 0.5) is 11.5 Å². The highest BCUT2D eigenvalue weighted by molar-refractivity contribution is 6.10. The number of para-hydroxylation sites is 1. The van der Waals surface area contributed by atoms with Gasteiger partial charge < -0.3 is 10.5 Å². The molecule has 0 saturated carbocycles. The first-order chi connectivity index (χ1) is 14.5. The molecule has 4 rings (SSSR count). The monoisotopic (exact) mass is 402 g/mol. The molecule has 7 nitrogen and oxygen atoms in total. The van der Waals surface area contributed by atoms with Crippen LogP contribution in [0.25, 0.3) is 11.4 Å². The molecule has 0 spiro atoms. The van der Waals surface area contributed by atoms with E-state index in [1.165, 1.54) is 0 Å². The number of nitrogens with zero attached hydrogens (tertiary/aromatic N) is 3. The van der Waals surface area contributed by atoms with E-state index in [2.05, 4.69) is 9.97 Å². The molecule has 0 aliphatic carbocycles. The minimum Gasteiger partial charge on any atom is -0.494 e. The summed E-state index contributed by atoms with van der Waals surface area (Å²) in [6.07, 6.45) is 0.0638. The molecule has 0 atom stereocenters. The summed E-state index contributed by atoms with van der Waals surface area (Å²) in [5.41, 5.74) is 8.74. The Bertz CT molecular complexity index is 1130. The number of amides is 1. The maximum absolute atomic E-state index is 12.9. The van der Waals surface area contributed by atoms with Gasteiger partial charge in [0.1, 0.15) is 17.3 Å². The van der Waals surface area contributed by atoms with Gasteiger partial charge >= 0.3 is 0 Å². The maximum Gasteiger partial charge on any atom is 0.237 e. The summed E-state index contributed by atoms with van der Waals surface area (Å²) in [5, 5.41) is 0. The molecule has 0 unspecified atom stereocenters. The first-order valence-corrected chi connectivity index (χ1v) is 9.79. The summed E-state index contributed by atoms with van der Waals surface area (Å²) < 4.78 is 5.49. The van der Waals surface area contributed by atoms with Crippen molar-refractivity contribution in [3.63, 3.8) is 0 Å². The Balaban J connectivity index is 1.88. The SMILES string of the molecule is CCOc1ccc(-c2nc(C(=O)CN)c3c(n2)N(c2ccccc2C)C(=O)C3)cc1. The van der Waals surface area contributed by atoms with Crippen LogP contribution in [0.1, 0.15) is 28.5 Å². The number of anilines is 2. The Hall–Kier alpha value is -3.58. The number of ketones is 1. The van der Waals surface area contributed by atoms with Crippen LogP contribution in [0.15, 0.2) is 48.5 Å². The van der Waals surface area contributed by atoms with Crippen molar-refractivity contribution in [1.82, 2.24) is 9.97 Å². The van der Waals surface area contributed by atoms with Crippen LogP contribution in [-0.2, 0) is 11.2 Å². The first kappa shape index (κ1) is 19.7. The fraction of sp³-hybridized carbons (Fsp3) is 0.217. The third kappa shape index (κ3) is 3.44. The summed E-state index contributed by atoms with van der Waals surface area (Å²) in [4.78, 5) is 36.2. The van der Waals surface area contributed by atoms with Gasteiger partial charge in [-0.25, -0.2) is 9.97 Å². The summed E-state index contributed by atoms with van der Waals surface area (Å²) in [5.74, 6) is 1.06. The van der Waals surface area contributed by atoms with E-state index >= 15 is 0 Å². The van der Waals surface area contributed by atoms with Crippen molar-refractivity contribution in [1.29, 1.82) is 0 Å². The molecular formula is C23H22N4O3. The molecule has 1 amide bonds. The summed E-state index contributed by atoms with van der Waals surface area (Å²) in [7, 11) is 0. The predicted molar refractivity (Wildman–Crippen MR) is 114 cm³/mol. The van der Waals surface area contributed by atoms with Crippen molar-refractivity contribution in [2.75, 3.05) is 18.1 Å². The van der Waals surface area contributed by atoms with Crippen LogP contribution in [-0.4, -0.2) is 34.8 Å². The van der Waals surface area contributed by atoms with Gasteiger partial charge in [-0.2, -0.15) is 0 Å². The number of aromatic nitrogens is 2. The molecular weight excluding hydrogens is 380 g/mol. The highest BCUT2D eigenvalue weighted by Crippen LogP contribution is 2.38. The lowest BCUT2D eigenvalue weighted by Gasteiger charge is -2.19. The molecule has 2 N–H and O–H groups in total. The second kappa shape index (κ2) is 8.04. The molecule has 1 aliphatic rings.